The molecule has 1 saturated carbocycles. The molecule has 2 heteroatoms. The normalized spacial score (nSPS) is 33.8. The van der Waals surface area contributed by atoms with Crippen LogP contribution in [0.1, 0.15) is 45.4 Å². The second kappa shape index (κ2) is 5.31. The number of rotatable bonds is 3. The first-order chi connectivity index (χ1) is 7.27. The molecule has 88 valence electrons. The first-order valence-electron chi connectivity index (χ1n) is 6.71. The standard InChI is InChI=1S/C13H26N2/c1-11-6-5-9-14-13(11)10-15(2)12-7-3-4-8-12/h11-14H,3-10H2,1-2H3. The topological polar surface area (TPSA) is 15.3 Å². The fraction of sp³-hybridized carbons (Fsp3) is 1.00. The molecule has 0 bridgehead atoms. The number of hydrogen-bond acceptors (Lipinski definition) is 2. The summed E-state index contributed by atoms with van der Waals surface area (Å²) in [5, 5.41) is 3.68. The van der Waals surface area contributed by atoms with E-state index in [0.717, 1.165) is 18.0 Å². The average molecular weight is 210 g/mol. The summed E-state index contributed by atoms with van der Waals surface area (Å²) >= 11 is 0. The Morgan fingerprint density at radius 1 is 1.13 bits per heavy atom. The summed E-state index contributed by atoms with van der Waals surface area (Å²) in [6, 6.07) is 1.62. The highest BCUT2D eigenvalue weighted by molar-refractivity contribution is 4.84. The van der Waals surface area contributed by atoms with Gasteiger partial charge in [0, 0.05) is 18.6 Å². The van der Waals surface area contributed by atoms with Crippen molar-refractivity contribution in [3.63, 3.8) is 0 Å². The van der Waals surface area contributed by atoms with Gasteiger partial charge in [0.05, 0.1) is 0 Å². The Morgan fingerprint density at radius 3 is 2.53 bits per heavy atom. The molecule has 0 spiro atoms. The third kappa shape index (κ3) is 2.94. The molecule has 0 amide bonds. The summed E-state index contributed by atoms with van der Waals surface area (Å²) in [5.74, 6) is 0.864. The molecule has 2 rings (SSSR count). The van der Waals surface area contributed by atoms with E-state index in [9.17, 15) is 0 Å². The maximum atomic E-state index is 3.68. The van der Waals surface area contributed by atoms with Gasteiger partial charge >= 0.3 is 0 Å². The van der Waals surface area contributed by atoms with Gasteiger partial charge in [-0.1, -0.05) is 19.8 Å². The zero-order chi connectivity index (χ0) is 10.7. The summed E-state index contributed by atoms with van der Waals surface area (Å²) in [7, 11) is 2.32. The second-order valence-corrected chi connectivity index (χ2v) is 5.56. The zero-order valence-corrected chi connectivity index (χ0v) is 10.3. The van der Waals surface area contributed by atoms with E-state index in [1.165, 1.54) is 51.6 Å². The predicted octanol–water partition coefficient (Wildman–Crippen LogP) is 2.25. The molecule has 0 radical (unpaired) electrons. The maximum absolute atomic E-state index is 3.68. The molecule has 15 heavy (non-hydrogen) atoms. The summed E-state index contributed by atoms with van der Waals surface area (Å²) in [4.78, 5) is 2.60. The van der Waals surface area contributed by atoms with E-state index in [2.05, 4.69) is 24.2 Å². The Balaban J connectivity index is 1.78. The van der Waals surface area contributed by atoms with Crippen LogP contribution in [0.25, 0.3) is 0 Å². The molecule has 1 aliphatic carbocycles. The van der Waals surface area contributed by atoms with E-state index < -0.39 is 0 Å². The molecule has 2 nitrogen and oxygen atoms in total. The van der Waals surface area contributed by atoms with Crippen molar-refractivity contribution in [3.8, 4) is 0 Å². The molecule has 1 heterocycles. The van der Waals surface area contributed by atoms with Gasteiger partial charge in [-0.05, 0) is 45.2 Å². The molecule has 2 aliphatic rings. The Hall–Kier alpha value is -0.0800. The number of hydrogen-bond donors (Lipinski definition) is 1. The molecule has 0 aromatic heterocycles. The fourth-order valence-corrected chi connectivity index (χ4v) is 3.16. The molecule has 0 aromatic carbocycles. The van der Waals surface area contributed by atoms with Crippen LogP contribution in [0.5, 0.6) is 0 Å². The highest BCUT2D eigenvalue weighted by Gasteiger charge is 2.26. The van der Waals surface area contributed by atoms with E-state index in [1.54, 1.807) is 0 Å². The van der Waals surface area contributed by atoms with Crippen LogP contribution in [-0.4, -0.2) is 37.1 Å². The molecule has 2 fully saturated rings. The van der Waals surface area contributed by atoms with Gasteiger partial charge in [0.2, 0.25) is 0 Å². The van der Waals surface area contributed by atoms with Crippen molar-refractivity contribution in [1.29, 1.82) is 0 Å². The highest BCUT2D eigenvalue weighted by atomic mass is 15.2. The predicted molar refractivity (Wildman–Crippen MR) is 65.1 cm³/mol. The molecule has 1 saturated heterocycles. The number of piperidine rings is 1. The lowest BCUT2D eigenvalue weighted by Crippen LogP contribution is -2.48. The number of likely N-dealkylation sites (N-methyl/N-ethyl adjacent to an activating group) is 1. The van der Waals surface area contributed by atoms with E-state index in [1.807, 2.05) is 0 Å². The third-order valence-corrected chi connectivity index (χ3v) is 4.36. The van der Waals surface area contributed by atoms with Crippen molar-refractivity contribution in [1.82, 2.24) is 10.2 Å². The summed E-state index contributed by atoms with van der Waals surface area (Å²) < 4.78 is 0. The minimum absolute atomic E-state index is 0.740. The van der Waals surface area contributed by atoms with E-state index >= 15 is 0 Å². The van der Waals surface area contributed by atoms with Crippen LogP contribution in [0.4, 0.5) is 0 Å². The smallest absolute Gasteiger partial charge is 0.0220 e. The molecular weight excluding hydrogens is 184 g/mol. The lowest BCUT2D eigenvalue weighted by Gasteiger charge is -2.35. The molecule has 1 aliphatic heterocycles. The van der Waals surface area contributed by atoms with Crippen molar-refractivity contribution in [2.75, 3.05) is 20.1 Å². The van der Waals surface area contributed by atoms with Crippen LogP contribution in [0.3, 0.4) is 0 Å². The second-order valence-electron chi connectivity index (χ2n) is 5.56. The molecule has 2 unspecified atom stereocenters. The number of nitrogens with one attached hydrogen (secondary N) is 1. The van der Waals surface area contributed by atoms with Crippen molar-refractivity contribution >= 4 is 0 Å². The van der Waals surface area contributed by atoms with Crippen molar-refractivity contribution in [3.05, 3.63) is 0 Å². The summed E-state index contributed by atoms with van der Waals surface area (Å²) in [6.07, 6.45) is 8.53. The molecule has 0 aromatic rings. The quantitative estimate of drug-likeness (QED) is 0.768. The van der Waals surface area contributed by atoms with Gasteiger partial charge in [-0.2, -0.15) is 0 Å². The van der Waals surface area contributed by atoms with Crippen LogP contribution in [-0.2, 0) is 0 Å². The van der Waals surface area contributed by atoms with Gasteiger partial charge in [-0.25, -0.2) is 0 Å². The molecule has 1 N–H and O–H groups in total. The monoisotopic (exact) mass is 210 g/mol. The average Bonchev–Trinajstić information content (AvgIpc) is 2.74. The van der Waals surface area contributed by atoms with E-state index in [-0.39, 0.29) is 0 Å². The minimum Gasteiger partial charge on any atom is -0.312 e. The summed E-state index contributed by atoms with van der Waals surface area (Å²) in [5.41, 5.74) is 0. The Labute approximate surface area is 94.4 Å². The van der Waals surface area contributed by atoms with Gasteiger partial charge in [0.25, 0.3) is 0 Å². The Kier molecular flexibility index (Phi) is 4.04. The minimum atomic E-state index is 0.740. The van der Waals surface area contributed by atoms with Gasteiger partial charge < -0.3 is 10.2 Å². The highest BCUT2D eigenvalue weighted by Crippen LogP contribution is 2.24. The largest absolute Gasteiger partial charge is 0.312 e. The van der Waals surface area contributed by atoms with Gasteiger partial charge in [-0.3, -0.25) is 0 Å². The van der Waals surface area contributed by atoms with Crippen LogP contribution >= 0.6 is 0 Å². The van der Waals surface area contributed by atoms with Crippen molar-refractivity contribution < 1.29 is 0 Å². The molecule has 2 atom stereocenters. The van der Waals surface area contributed by atoms with E-state index in [4.69, 9.17) is 0 Å². The fourth-order valence-electron chi connectivity index (χ4n) is 3.16. The first-order valence-corrected chi connectivity index (χ1v) is 6.71. The van der Waals surface area contributed by atoms with Crippen molar-refractivity contribution in [2.45, 2.75) is 57.5 Å². The van der Waals surface area contributed by atoms with Crippen LogP contribution in [0.2, 0.25) is 0 Å². The van der Waals surface area contributed by atoms with Crippen LogP contribution < -0.4 is 5.32 Å². The lowest BCUT2D eigenvalue weighted by molar-refractivity contribution is 0.176. The van der Waals surface area contributed by atoms with Crippen LogP contribution in [0.15, 0.2) is 0 Å². The Bertz CT molecular complexity index is 187. The van der Waals surface area contributed by atoms with Gasteiger partial charge in [0.1, 0.15) is 0 Å². The summed E-state index contributed by atoms with van der Waals surface area (Å²) in [6.45, 7) is 4.89. The molecular formula is C13H26N2. The van der Waals surface area contributed by atoms with Gasteiger partial charge in [-0.15, -0.1) is 0 Å². The van der Waals surface area contributed by atoms with E-state index in [0.29, 0.717) is 0 Å². The zero-order valence-electron chi connectivity index (χ0n) is 10.3. The SMILES string of the molecule is CC1CCCNC1CN(C)C1CCCC1. The van der Waals surface area contributed by atoms with Crippen LogP contribution in [0, 0.1) is 5.92 Å². The number of nitrogens with zero attached hydrogens (tertiary/aromatic N) is 1. The lowest BCUT2D eigenvalue weighted by atomic mass is 9.92. The Morgan fingerprint density at radius 2 is 1.87 bits per heavy atom. The first kappa shape index (κ1) is 11.4. The van der Waals surface area contributed by atoms with Gasteiger partial charge in [0.15, 0.2) is 0 Å². The van der Waals surface area contributed by atoms with Crippen molar-refractivity contribution in [2.24, 2.45) is 5.92 Å². The maximum Gasteiger partial charge on any atom is 0.0220 e. The third-order valence-electron chi connectivity index (χ3n) is 4.36.